The van der Waals surface area contributed by atoms with Crippen LogP contribution in [0.3, 0.4) is 0 Å². The quantitative estimate of drug-likeness (QED) is 0.161. The molecule has 1 saturated heterocycles. The fraction of sp³-hybridized carbons (Fsp3) is 0.375. The van der Waals surface area contributed by atoms with Gasteiger partial charge in [-0.2, -0.15) is 0 Å². The molecule has 1 amide bonds. The third-order valence-corrected chi connectivity index (χ3v) is 7.63. The number of aliphatic imine (C=N–C) groups is 1. The van der Waals surface area contributed by atoms with Crippen LogP contribution in [0.5, 0.6) is 40.2 Å². The Hall–Kier alpha value is -5.00. The van der Waals surface area contributed by atoms with Crippen LogP contribution >= 0.6 is 0 Å². The molecule has 3 aromatic rings. The molecule has 3 aromatic carbocycles. The van der Waals surface area contributed by atoms with Crippen molar-refractivity contribution >= 4 is 23.5 Å². The van der Waals surface area contributed by atoms with Gasteiger partial charge in [0, 0.05) is 31.3 Å². The lowest BCUT2D eigenvalue weighted by molar-refractivity contribution is -0.386. The fourth-order valence-corrected chi connectivity index (χ4v) is 5.31. The van der Waals surface area contributed by atoms with Crippen molar-refractivity contribution < 1.29 is 38.1 Å². The maximum absolute atomic E-state index is 13.1. The van der Waals surface area contributed by atoms with E-state index >= 15 is 0 Å². The summed E-state index contributed by atoms with van der Waals surface area (Å²) in [6.07, 6.45) is 4.26. The molecule has 2 unspecified atom stereocenters. The van der Waals surface area contributed by atoms with Crippen molar-refractivity contribution in [2.24, 2.45) is 4.99 Å². The molecule has 0 aliphatic carbocycles. The second-order valence-electron chi connectivity index (χ2n) is 10.3. The Morgan fingerprint density at radius 2 is 1.73 bits per heavy atom. The van der Waals surface area contributed by atoms with E-state index in [9.17, 15) is 14.9 Å². The topological polar surface area (TPSA) is 131 Å². The Bertz CT molecular complexity index is 1560. The largest absolute Gasteiger partial charge is 0.493 e. The monoisotopic (exact) mass is 605 g/mol. The number of nitro groups is 1. The highest BCUT2D eigenvalue weighted by atomic mass is 16.6. The van der Waals surface area contributed by atoms with Gasteiger partial charge in [0.2, 0.25) is 11.5 Å². The summed E-state index contributed by atoms with van der Waals surface area (Å²) in [5, 5.41) is 12.1. The Labute approximate surface area is 255 Å². The molecule has 1 fully saturated rings. The van der Waals surface area contributed by atoms with Crippen molar-refractivity contribution in [1.82, 2.24) is 4.90 Å². The maximum Gasteiger partial charge on any atom is 0.352 e. The van der Waals surface area contributed by atoms with E-state index < -0.39 is 11.0 Å². The second kappa shape index (κ2) is 13.5. The first-order valence-electron chi connectivity index (χ1n) is 14.4. The van der Waals surface area contributed by atoms with E-state index in [1.54, 1.807) is 42.5 Å². The van der Waals surface area contributed by atoms with Crippen molar-refractivity contribution in [2.75, 3.05) is 34.5 Å². The molecule has 2 atom stereocenters. The Morgan fingerprint density at radius 1 is 0.977 bits per heavy atom. The zero-order valence-electron chi connectivity index (χ0n) is 25.1. The molecule has 0 aromatic heterocycles. The average molecular weight is 606 g/mol. The van der Waals surface area contributed by atoms with Crippen LogP contribution in [-0.4, -0.2) is 68.6 Å². The first-order chi connectivity index (χ1) is 21.4. The SMILES string of the molecule is CCC(CCOc1cc2c(cc1OC)C(=O)N1CCCC1C=N2)Oc1cccc(Oc2ccc(OC)c(OC)c2)c1[N+](=O)[O-]. The van der Waals surface area contributed by atoms with Gasteiger partial charge >= 0.3 is 5.69 Å². The molecule has 2 aliphatic heterocycles. The van der Waals surface area contributed by atoms with Gasteiger partial charge in [0.1, 0.15) is 11.9 Å². The number of amides is 1. The van der Waals surface area contributed by atoms with E-state index in [1.165, 1.54) is 27.4 Å². The van der Waals surface area contributed by atoms with Crippen LogP contribution in [0.1, 0.15) is 43.0 Å². The highest BCUT2D eigenvalue weighted by Gasteiger charge is 2.32. The minimum atomic E-state index is -0.526. The van der Waals surface area contributed by atoms with Crippen molar-refractivity contribution in [2.45, 2.75) is 44.8 Å². The number of nitro benzene ring substituents is 1. The van der Waals surface area contributed by atoms with Crippen LogP contribution in [-0.2, 0) is 0 Å². The summed E-state index contributed by atoms with van der Waals surface area (Å²) in [4.78, 5) is 31.2. The molecule has 44 heavy (non-hydrogen) atoms. The number of para-hydroxylation sites is 1. The van der Waals surface area contributed by atoms with Crippen molar-refractivity contribution in [3.8, 4) is 40.2 Å². The molecule has 232 valence electrons. The summed E-state index contributed by atoms with van der Waals surface area (Å²) in [6, 6.07) is 12.9. The number of ether oxygens (including phenoxy) is 6. The first-order valence-corrected chi connectivity index (χ1v) is 14.4. The Kier molecular flexibility index (Phi) is 9.37. The standard InChI is InChI=1S/C32H35N3O9/c1-5-21(13-15-42-30-18-24-23(17-29(30)41-4)32(36)34-14-7-8-20(34)19-33-24)43-26-9-6-10-27(31(26)35(37)38)44-22-11-12-25(39-2)28(16-22)40-3/h6,9-12,16-21H,5,7-8,13-15H2,1-4H3. The van der Waals surface area contributed by atoms with Crippen molar-refractivity contribution in [3.05, 3.63) is 64.2 Å². The average Bonchev–Trinajstić information content (AvgIpc) is 3.46. The molecule has 0 spiro atoms. The lowest BCUT2D eigenvalue weighted by Gasteiger charge is -2.21. The van der Waals surface area contributed by atoms with Crippen molar-refractivity contribution in [1.29, 1.82) is 0 Å². The molecule has 2 aliphatic rings. The summed E-state index contributed by atoms with van der Waals surface area (Å²) in [7, 11) is 4.53. The van der Waals surface area contributed by atoms with E-state index in [-0.39, 0.29) is 35.7 Å². The number of hydrogen-bond donors (Lipinski definition) is 0. The molecule has 0 saturated carbocycles. The number of benzene rings is 3. The smallest absolute Gasteiger partial charge is 0.352 e. The number of carbonyl (C=O) groups excluding carboxylic acids is 1. The third kappa shape index (κ3) is 6.34. The van der Waals surface area contributed by atoms with Crippen LogP contribution in [0.4, 0.5) is 11.4 Å². The van der Waals surface area contributed by atoms with Gasteiger partial charge in [-0.05, 0) is 49.6 Å². The molecule has 0 N–H and O–H groups in total. The minimum Gasteiger partial charge on any atom is -0.493 e. The van der Waals surface area contributed by atoms with Gasteiger partial charge in [0.05, 0.1) is 50.2 Å². The molecule has 12 heteroatoms. The number of carbonyl (C=O) groups is 1. The summed E-state index contributed by atoms with van der Waals surface area (Å²) in [5.41, 5.74) is 0.717. The normalized spacial score (nSPS) is 16.0. The zero-order chi connectivity index (χ0) is 31.2. The number of rotatable bonds is 13. The highest BCUT2D eigenvalue weighted by Crippen LogP contribution is 2.42. The van der Waals surface area contributed by atoms with Gasteiger partial charge in [-0.3, -0.25) is 19.9 Å². The zero-order valence-corrected chi connectivity index (χ0v) is 25.1. The van der Waals surface area contributed by atoms with E-state index in [2.05, 4.69) is 4.99 Å². The van der Waals surface area contributed by atoms with Gasteiger partial charge in [0.15, 0.2) is 23.0 Å². The van der Waals surface area contributed by atoms with Gasteiger partial charge in [-0.15, -0.1) is 0 Å². The number of methoxy groups -OCH3 is 3. The van der Waals surface area contributed by atoms with Crippen LogP contribution in [0.2, 0.25) is 0 Å². The third-order valence-electron chi connectivity index (χ3n) is 7.63. The fourth-order valence-electron chi connectivity index (χ4n) is 5.31. The molecule has 0 radical (unpaired) electrons. The Morgan fingerprint density at radius 3 is 2.45 bits per heavy atom. The van der Waals surface area contributed by atoms with Crippen LogP contribution in [0.15, 0.2) is 53.5 Å². The summed E-state index contributed by atoms with van der Waals surface area (Å²) in [5.74, 6) is 2.18. The van der Waals surface area contributed by atoms with Gasteiger partial charge in [0.25, 0.3) is 5.91 Å². The molecular formula is C32H35N3O9. The summed E-state index contributed by atoms with van der Waals surface area (Å²) < 4.78 is 34.2. The molecule has 5 rings (SSSR count). The number of hydrogen-bond acceptors (Lipinski definition) is 10. The highest BCUT2D eigenvalue weighted by molar-refractivity contribution is 6.03. The summed E-state index contributed by atoms with van der Waals surface area (Å²) >= 11 is 0. The summed E-state index contributed by atoms with van der Waals surface area (Å²) in [6.45, 7) is 2.86. The first kappa shape index (κ1) is 30.5. The van der Waals surface area contributed by atoms with Crippen molar-refractivity contribution in [3.63, 3.8) is 0 Å². The number of nitrogens with zero attached hydrogens (tertiary/aromatic N) is 3. The van der Waals surface area contributed by atoms with E-state index in [0.29, 0.717) is 59.4 Å². The second-order valence-corrected chi connectivity index (χ2v) is 10.3. The van der Waals surface area contributed by atoms with E-state index in [0.717, 1.165) is 12.8 Å². The predicted octanol–water partition coefficient (Wildman–Crippen LogP) is 6.36. The molecule has 0 bridgehead atoms. The van der Waals surface area contributed by atoms with Gasteiger partial charge in [-0.1, -0.05) is 13.0 Å². The molecular weight excluding hydrogens is 570 g/mol. The predicted molar refractivity (Wildman–Crippen MR) is 163 cm³/mol. The van der Waals surface area contributed by atoms with Gasteiger partial charge < -0.3 is 33.3 Å². The van der Waals surface area contributed by atoms with Crippen LogP contribution in [0, 0.1) is 10.1 Å². The minimum absolute atomic E-state index is 0.000259. The van der Waals surface area contributed by atoms with Gasteiger partial charge in [-0.25, -0.2) is 0 Å². The van der Waals surface area contributed by atoms with Crippen LogP contribution < -0.4 is 28.4 Å². The van der Waals surface area contributed by atoms with E-state index in [4.69, 9.17) is 28.4 Å². The Balaban J connectivity index is 1.29. The molecule has 2 heterocycles. The lowest BCUT2D eigenvalue weighted by Crippen LogP contribution is -2.35. The maximum atomic E-state index is 13.1. The van der Waals surface area contributed by atoms with E-state index in [1.807, 2.05) is 18.0 Å². The lowest BCUT2D eigenvalue weighted by atomic mass is 10.1. The molecule has 12 nitrogen and oxygen atoms in total. The number of fused-ring (bicyclic) bond motifs is 2. The van der Waals surface area contributed by atoms with Crippen LogP contribution in [0.25, 0.3) is 0 Å².